The zero-order valence-corrected chi connectivity index (χ0v) is 7.24. The van der Waals surface area contributed by atoms with Crippen LogP contribution in [0.4, 0.5) is 4.39 Å². The number of halogens is 1. The summed E-state index contributed by atoms with van der Waals surface area (Å²) in [5.74, 6) is -4.77. The van der Waals surface area contributed by atoms with Crippen molar-refractivity contribution in [3.05, 3.63) is 0 Å². The predicted octanol–water partition coefficient (Wildman–Crippen LogP) is -0.399. The molecule has 2 aliphatic rings. The molecule has 2 rings (SSSR count). The first-order valence-corrected chi connectivity index (χ1v) is 4.30. The number of alkyl halides is 1. The Bertz CT molecular complexity index is 333. The van der Waals surface area contributed by atoms with Gasteiger partial charge in [0.2, 0.25) is 5.67 Å². The van der Waals surface area contributed by atoms with Gasteiger partial charge in [0.25, 0.3) is 0 Å². The molecule has 0 heterocycles. The topological polar surface area (TPSA) is 101 Å². The van der Waals surface area contributed by atoms with E-state index in [-0.39, 0.29) is 12.8 Å². The van der Waals surface area contributed by atoms with Gasteiger partial charge in [-0.1, -0.05) is 0 Å². The fraction of sp³-hybridized carbons (Fsp3) is 0.750. The molecule has 14 heavy (non-hydrogen) atoms. The second-order valence-electron chi connectivity index (χ2n) is 3.97. The summed E-state index contributed by atoms with van der Waals surface area (Å²) in [6.45, 7) is 0. The standard InChI is InChI=1S/C8H10FNO4/c9-7(6(13)14)4-2-1-3(5(11)12)8(4,7)10/h3-4H,1-2,10H2,(H,11,12)(H,13,14)/t3-,4+,7+,8-/m0/s1. The first-order chi connectivity index (χ1) is 6.36. The largest absolute Gasteiger partial charge is 0.481 e. The number of carbonyl (C=O) groups is 2. The van der Waals surface area contributed by atoms with Crippen LogP contribution in [0.25, 0.3) is 0 Å². The van der Waals surface area contributed by atoms with Gasteiger partial charge in [-0.25, -0.2) is 9.18 Å². The number of fused-ring (bicyclic) bond motifs is 1. The van der Waals surface area contributed by atoms with E-state index in [9.17, 15) is 14.0 Å². The lowest BCUT2D eigenvalue weighted by Crippen LogP contribution is -2.46. The van der Waals surface area contributed by atoms with Gasteiger partial charge in [-0.3, -0.25) is 4.79 Å². The molecule has 0 radical (unpaired) electrons. The molecule has 6 heteroatoms. The summed E-state index contributed by atoms with van der Waals surface area (Å²) in [4.78, 5) is 21.3. The third-order valence-electron chi connectivity index (χ3n) is 3.53. The highest BCUT2D eigenvalue weighted by atomic mass is 19.1. The van der Waals surface area contributed by atoms with Crippen molar-refractivity contribution in [1.82, 2.24) is 0 Å². The van der Waals surface area contributed by atoms with Crippen LogP contribution in [0.2, 0.25) is 0 Å². The smallest absolute Gasteiger partial charge is 0.343 e. The zero-order chi connectivity index (χ0) is 10.7. The van der Waals surface area contributed by atoms with Crippen molar-refractivity contribution in [2.45, 2.75) is 24.0 Å². The zero-order valence-electron chi connectivity index (χ0n) is 7.24. The number of rotatable bonds is 2. The summed E-state index contributed by atoms with van der Waals surface area (Å²) >= 11 is 0. The Kier molecular flexibility index (Phi) is 1.51. The number of nitrogens with two attached hydrogens (primary N) is 1. The molecule has 0 aliphatic heterocycles. The Morgan fingerprint density at radius 1 is 1.36 bits per heavy atom. The van der Waals surface area contributed by atoms with Gasteiger partial charge < -0.3 is 15.9 Å². The molecule has 0 aromatic carbocycles. The average molecular weight is 203 g/mol. The molecule has 4 atom stereocenters. The molecule has 78 valence electrons. The number of hydrogen-bond donors (Lipinski definition) is 3. The first-order valence-electron chi connectivity index (χ1n) is 4.30. The lowest BCUT2D eigenvalue weighted by atomic mass is 9.94. The van der Waals surface area contributed by atoms with Gasteiger partial charge in [0.1, 0.15) is 0 Å². The first kappa shape index (κ1) is 9.39. The molecule has 2 fully saturated rings. The summed E-state index contributed by atoms with van der Waals surface area (Å²) in [6.07, 6.45) is 0.492. The maximum absolute atomic E-state index is 13.7. The third kappa shape index (κ3) is 0.694. The molecule has 2 aliphatic carbocycles. The van der Waals surface area contributed by atoms with E-state index in [1.54, 1.807) is 0 Å². The van der Waals surface area contributed by atoms with E-state index in [4.69, 9.17) is 15.9 Å². The predicted molar refractivity (Wildman–Crippen MR) is 42.2 cm³/mol. The van der Waals surface area contributed by atoms with Gasteiger partial charge >= 0.3 is 11.9 Å². The van der Waals surface area contributed by atoms with Crippen LogP contribution in [0, 0.1) is 11.8 Å². The fourth-order valence-corrected chi connectivity index (χ4v) is 2.73. The van der Waals surface area contributed by atoms with E-state index in [2.05, 4.69) is 0 Å². The highest BCUT2D eigenvalue weighted by molar-refractivity contribution is 5.90. The second kappa shape index (κ2) is 2.25. The summed E-state index contributed by atoms with van der Waals surface area (Å²) in [7, 11) is 0. The summed E-state index contributed by atoms with van der Waals surface area (Å²) < 4.78 is 13.7. The molecule has 0 saturated heterocycles. The van der Waals surface area contributed by atoms with E-state index in [0.717, 1.165) is 0 Å². The molecule has 0 amide bonds. The van der Waals surface area contributed by atoms with Gasteiger partial charge in [0, 0.05) is 5.92 Å². The maximum atomic E-state index is 13.7. The number of aliphatic carboxylic acids is 2. The lowest BCUT2D eigenvalue weighted by molar-refractivity contribution is -0.149. The summed E-state index contributed by atoms with van der Waals surface area (Å²) in [5, 5.41) is 17.4. The highest BCUT2D eigenvalue weighted by Crippen LogP contribution is 2.67. The Hall–Kier alpha value is -1.17. The molecular formula is C8H10FNO4. The molecule has 0 bridgehead atoms. The van der Waals surface area contributed by atoms with Gasteiger partial charge in [-0.2, -0.15) is 0 Å². The van der Waals surface area contributed by atoms with Crippen molar-refractivity contribution in [3.63, 3.8) is 0 Å². The van der Waals surface area contributed by atoms with Crippen LogP contribution in [0.1, 0.15) is 12.8 Å². The normalized spacial score (nSPS) is 49.9. The Morgan fingerprint density at radius 3 is 2.29 bits per heavy atom. The van der Waals surface area contributed by atoms with Gasteiger partial charge in [-0.05, 0) is 12.8 Å². The van der Waals surface area contributed by atoms with E-state index in [1.165, 1.54) is 0 Å². The minimum atomic E-state index is -2.53. The number of hydrogen-bond acceptors (Lipinski definition) is 3. The van der Waals surface area contributed by atoms with Crippen molar-refractivity contribution in [1.29, 1.82) is 0 Å². The lowest BCUT2D eigenvalue weighted by Gasteiger charge is -2.18. The average Bonchev–Trinajstić information content (AvgIpc) is 2.40. The van der Waals surface area contributed by atoms with Crippen LogP contribution >= 0.6 is 0 Å². The van der Waals surface area contributed by atoms with E-state index in [0.29, 0.717) is 0 Å². The third-order valence-corrected chi connectivity index (χ3v) is 3.53. The van der Waals surface area contributed by atoms with Crippen molar-refractivity contribution in [3.8, 4) is 0 Å². The Morgan fingerprint density at radius 2 is 1.93 bits per heavy atom. The quantitative estimate of drug-likeness (QED) is 0.567. The van der Waals surface area contributed by atoms with E-state index < -0.39 is 35.0 Å². The van der Waals surface area contributed by atoms with Crippen LogP contribution < -0.4 is 5.73 Å². The Balaban J connectivity index is 2.34. The van der Waals surface area contributed by atoms with E-state index >= 15 is 0 Å². The molecular weight excluding hydrogens is 193 g/mol. The molecule has 2 saturated carbocycles. The summed E-state index contributed by atoms with van der Waals surface area (Å²) in [5.41, 5.74) is 1.32. The number of carboxylic acid groups (broad SMARTS) is 2. The van der Waals surface area contributed by atoms with Crippen LogP contribution in [0.15, 0.2) is 0 Å². The Labute approximate surface area is 78.7 Å². The van der Waals surface area contributed by atoms with Crippen LogP contribution in [0.3, 0.4) is 0 Å². The second-order valence-corrected chi connectivity index (χ2v) is 3.97. The molecule has 0 unspecified atom stereocenters. The molecule has 0 aromatic rings. The SMILES string of the molecule is N[C@@]12[C@H](C(=O)O)CC[C@@H]1[C@@]2(F)C(=O)O. The minimum Gasteiger partial charge on any atom is -0.481 e. The monoisotopic (exact) mass is 203 g/mol. The van der Waals surface area contributed by atoms with Crippen LogP contribution in [-0.2, 0) is 9.59 Å². The minimum absolute atomic E-state index is 0.232. The van der Waals surface area contributed by atoms with Gasteiger partial charge in [0.05, 0.1) is 11.5 Å². The van der Waals surface area contributed by atoms with Gasteiger partial charge in [-0.15, -0.1) is 0 Å². The van der Waals surface area contributed by atoms with Crippen molar-refractivity contribution < 1.29 is 24.2 Å². The molecule has 0 spiro atoms. The molecule has 5 nitrogen and oxygen atoms in total. The van der Waals surface area contributed by atoms with Crippen LogP contribution in [0.5, 0.6) is 0 Å². The van der Waals surface area contributed by atoms with Crippen molar-refractivity contribution in [2.24, 2.45) is 17.6 Å². The highest BCUT2D eigenvalue weighted by Gasteiger charge is 2.87. The molecule has 4 N–H and O–H groups in total. The van der Waals surface area contributed by atoms with Crippen LogP contribution in [-0.4, -0.2) is 33.4 Å². The van der Waals surface area contributed by atoms with Gasteiger partial charge in [0.15, 0.2) is 0 Å². The summed E-state index contributed by atoms with van der Waals surface area (Å²) in [6, 6.07) is 0. The number of carboxylic acids is 2. The maximum Gasteiger partial charge on any atom is 0.343 e. The molecule has 0 aromatic heterocycles. The fourth-order valence-electron chi connectivity index (χ4n) is 2.73. The van der Waals surface area contributed by atoms with Crippen molar-refractivity contribution >= 4 is 11.9 Å². The van der Waals surface area contributed by atoms with E-state index in [1.807, 2.05) is 0 Å². The van der Waals surface area contributed by atoms with Crippen molar-refractivity contribution in [2.75, 3.05) is 0 Å².